The summed E-state index contributed by atoms with van der Waals surface area (Å²) in [5.74, 6) is 0.427. The third-order valence-electron chi connectivity index (χ3n) is 6.45. The van der Waals surface area contributed by atoms with Crippen LogP contribution in [0.3, 0.4) is 0 Å². The fourth-order valence-corrected chi connectivity index (χ4v) is 4.46. The number of nitrogens with zero attached hydrogens (tertiary/aromatic N) is 4. The molecule has 0 aliphatic carbocycles. The zero-order valence-electron chi connectivity index (χ0n) is 20.2. The number of carbonyl (C=O) groups is 2. The number of likely N-dealkylation sites (tertiary alicyclic amines) is 1. The SMILES string of the molecule is CCCN(C(=O)CCc1nc(-c2ccc(C)c(F)c2)no1)C1CCN(C(=O)c2ccccc2)CC1. The van der Waals surface area contributed by atoms with Crippen molar-refractivity contribution >= 4 is 11.8 Å². The Hall–Kier alpha value is -3.55. The number of carbonyl (C=O) groups excluding carboxylic acids is 2. The molecule has 0 atom stereocenters. The minimum Gasteiger partial charge on any atom is -0.340 e. The Morgan fingerprint density at radius 1 is 1.14 bits per heavy atom. The van der Waals surface area contributed by atoms with Crippen LogP contribution in [0.15, 0.2) is 53.1 Å². The second kappa shape index (κ2) is 11.3. The Bertz CT molecular complexity index is 1160. The zero-order valence-corrected chi connectivity index (χ0v) is 20.2. The quantitative estimate of drug-likeness (QED) is 0.471. The van der Waals surface area contributed by atoms with Crippen LogP contribution in [-0.2, 0) is 11.2 Å². The van der Waals surface area contributed by atoms with E-state index in [0.717, 1.165) is 19.3 Å². The van der Waals surface area contributed by atoms with E-state index in [9.17, 15) is 14.0 Å². The summed E-state index contributed by atoms with van der Waals surface area (Å²) >= 11 is 0. The highest BCUT2D eigenvalue weighted by Crippen LogP contribution is 2.22. The summed E-state index contributed by atoms with van der Waals surface area (Å²) in [5.41, 5.74) is 1.79. The van der Waals surface area contributed by atoms with Crippen LogP contribution in [-0.4, -0.2) is 57.4 Å². The van der Waals surface area contributed by atoms with Crippen LogP contribution in [0.4, 0.5) is 4.39 Å². The van der Waals surface area contributed by atoms with Gasteiger partial charge < -0.3 is 14.3 Å². The molecule has 1 aliphatic rings. The number of hydrogen-bond donors (Lipinski definition) is 0. The van der Waals surface area contributed by atoms with Crippen LogP contribution in [0.5, 0.6) is 0 Å². The van der Waals surface area contributed by atoms with Crippen LogP contribution in [0.25, 0.3) is 11.4 Å². The Morgan fingerprint density at radius 2 is 1.89 bits per heavy atom. The van der Waals surface area contributed by atoms with E-state index in [1.54, 1.807) is 19.1 Å². The standard InChI is InChI=1S/C27H31FN4O3/c1-3-15-32(22-13-16-31(17-14-22)27(34)20-7-5-4-6-8-20)25(33)12-11-24-29-26(30-35-24)21-10-9-19(2)23(28)18-21/h4-10,18,22H,3,11-17H2,1-2H3. The lowest BCUT2D eigenvalue weighted by molar-refractivity contribution is -0.134. The molecule has 7 nitrogen and oxygen atoms in total. The van der Waals surface area contributed by atoms with Gasteiger partial charge in [0.25, 0.3) is 5.91 Å². The highest BCUT2D eigenvalue weighted by Gasteiger charge is 2.29. The molecule has 1 aromatic heterocycles. The van der Waals surface area contributed by atoms with Crippen molar-refractivity contribution in [1.29, 1.82) is 0 Å². The van der Waals surface area contributed by atoms with E-state index in [2.05, 4.69) is 17.1 Å². The molecular formula is C27H31FN4O3. The first kappa shape index (κ1) is 24.6. The smallest absolute Gasteiger partial charge is 0.253 e. The van der Waals surface area contributed by atoms with E-state index in [4.69, 9.17) is 4.52 Å². The highest BCUT2D eigenvalue weighted by molar-refractivity contribution is 5.94. The molecule has 8 heteroatoms. The summed E-state index contributed by atoms with van der Waals surface area (Å²) in [6.45, 7) is 5.69. The largest absolute Gasteiger partial charge is 0.340 e. The normalized spacial score (nSPS) is 14.2. The predicted octanol–water partition coefficient (Wildman–Crippen LogP) is 4.66. The second-order valence-corrected chi connectivity index (χ2v) is 8.95. The first-order chi connectivity index (χ1) is 17.0. The van der Waals surface area contributed by atoms with Gasteiger partial charge in [-0.1, -0.05) is 42.4 Å². The molecule has 1 fully saturated rings. The minimum absolute atomic E-state index is 0.0399. The molecule has 0 unspecified atom stereocenters. The molecular weight excluding hydrogens is 447 g/mol. The van der Waals surface area contributed by atoms with E-state index < -0.39 is 0 Å². The van der Waals surface area contributed by atoms with Crippen LogP contribution in [0.2, 0.25) is 0 Å². The van der Waals surface area contributed by atoms with Crippen molar-refractivity contribution < 1.29 is 18.5 Å². The summed E-state index contributed by atoms with van der Waals surface area (Å²) < 4.78 is 19.2. The van der Waals surface area contributed by atoms with Crippen molar-refractivity contribution in [1.82, 2.24) is 19.9 Å². The number of rotatable bonds is 8. The Morgan fingerprint density at radius 3 is 2.57 bits per heavy atom. The Kier molecular flexibility index (Phi) is 7.90. The van der Waals surface area contributed by atoms with Crippen molar-refractivity contribution in [2.45, 2.75) is 52.0 Å². The summed E-state index contributed by atoms with van der Waals surface area (Å²) in [6.07, 6.45) is 2.96. The molecule has 0 N–H and O–H groups in total. The molecule has 0 radical (unpaired) electrons. The van der Waals surface area contributed by atoms with E-state index in [1.807, 2.05) is 40.1 Å². The number of aromatic nitrogens is 2. The molecule has 4 rings (SSSR count). The average molecular weight is 479 g/mol. The number of piperidine rings is 1. The molecule has 0 spiro atoms. The lowest BCUT2D eigenvalue weighted by atomic mass is 10.0. The molecule has 2 amide bonds. The molecule has 1 aliphatic heterocycles. The average Bonchev–Trinajstić information content (AvgIpc) is 3.37. The van der Waals surface area contributed by atoms with E-state index in [1.165, 1.54) is 6.07 Å². The van der Waals surface area contributed by atoms with Crippen LogP contribution >= 0.6 is 0 Å². The lowest BCUT2D eigenvalue weighted by Gasteiger charge is -2.38. The molecule has 2 aromatic carbocycles. The molecule has 35 heavy (non-hydrogen) atoms. The van der Waals surface area contributed by atoms with Gasteiger partial charge in [0, 0.05) is 49.6 Å². The first-order valence-electron chi connectivity index (χ1n) is 12.2. The van der Waals surface area contributed by atoms with Gasteiger partial charge in [0.1, 0.15) is 5.82 Å². The number of halogens is 1. The fraction of sp³-hybridized carbons (Fsp3) is 0.407. The van der Waals surface area contributed by atoms with Gasteiger partial charge in [0.15, 0.2) is 0 Å². The van der Waals surface area contributed by atoms with Crippen LogP contribution < -0.4 is 0 Å². The van der Waals surface area contributed by atoms with Gasteiger partial charge in [-0.3, -0.25) is 9.59 Å². The third-order valence-corrected chi connectivity index (χ3v) is 6.45. The maximum absolute atomic E-state index is 13.9. The van der Waals surface area contributed by atoms with E-state index in [0.29, 0.717) is 54.5 Å². The molecule has 184 valence electrons. The topological polar surface area (TPSA) is 79.5 Å². The first-order valence-corrected chi connectivity index (χ1v) is 12.2. The molecule has 2 heterocycles. The highest BCUT2D eigenvalue weighted by atomic mass is 19.1. The van der Waals surface area contributed by atoms with Crippen molar-refractivity contribution in [3.05, 3.63) is 71.4 Å². The molecule has 0 saturated carbocycles. The van der Waals surface area contributed by atoms with Gasteiger partial charge in [-0.25, -0.2) is 4.39 Å². The summed E-state index contributed by atoms with van der Waals surface area (Å²) in [5, 5.41) is 3.94. The van der Waals surface area contributed by atoms with Crippen LogP contribution in [0.1, 0.15) is 54.4 Å². The zero-order chi connectivity index (χ0) is 24.8. The number of amides is 2. The van der Waals surface area contributed by atoms with Gasteiger partial charge in [-0.05, 0) is 49.9 Å². The molecule has 3 aromatic rings. The van der Waals surface area contributed by atoms with Gasteiger partial charge >= 0.3 is 0 Å². The summed E-state index contributed by atoms with van der Waals surface area (Å²) in [6, 6.07) is 14.2. The van der Waals surface area contributed by atoms with Gasteiger partial charge in [-0.15, -0.1) is 0 Å². The maximum Gasteiger partial charge on any atom is 0.253 e. The number of benzene rings is 2. The Labute approximate surface area is 204 Å². The molecule has 1 saturated heterocycles. The van der Waals surface area contributed by atoms with E-state index >= 15 is 0 Å². The number of aryl methyl sites for hydroxylation is 2. The number of hydrogen-bond acceptors (Lipinski definition) is 5. The van der Waals surface area contributed by atoms with Crippen molar-refractivity contribution in [3.63, 3.8) is 0 Å². The van der Waals surface area contributed by atoms with Gasteiger partial charge in [-0.2, -0.15) is 4.98 Å². The van der Waals surface area contributed by atoms with Gasteiger partial charge in [0.2, 0.25) is 17.6 Å². The van der Waals surface area contributed by atoms with Crippen molar-refractivity contribution in [3.8, 4) is 11.4 Å². The van der Waals surface area contributed by atoms with Crippen LogP contribution in [0, 0.1) is 12.7 Å². The van der Waals surface area contributed by atoms with E-state index in [-0.39, 0.29) is 30.1 Å². The summed E-state index contributed by atoms with van der Waals surface area (Å²) in [4.78, 5) is 34.0. The predicted molar refractivity (Wildman–Crippen MR) is 130 cm³/mol. The maximum atomic E-state index is 13.9. The van der Waals surface area contributed by atoms with Crippen molar-refractivity contribution in [2.24, 2.45) is 0 Å². The monoisotopic (exact) mass is 478 g/mol. The molecule has 0 bridgehead atoms. The third kappa shape index (κ3) is 5.93. The Balaban J connectivity index is 1.32. The second-order valence-electron chi connectivity index (χ2n) is 8.95. The van der Waals surface area contributed by atoms with Gasteiger partial charge in [0.05, 0.1) is 0 Å². The minimum atomic E-state index is -0.323. The lowest BCUT2D eigenvalue weighted by Crippen LogP contribution is -2.49. The fourth-order valence-electron chi connectivity index (χ4n) is 4.46. The van der Waals surface area contributed by atoms with Crippen molar-refractivity contribution in [2.75, 3.05) is 19.6 Å². The summed E-state index contributed by atoms with van der Waals surface area (Å²) in [7, 11) is 0.